The van der Waals surface area contributed by atoms with Crippen molar-refractivity contribution in [2.75, 3.05) is 13.1 Å². The zero-order valence-electron chi connectivity index (χ0n) is 13.4. The van der Waals surface area contributed by atoms with Crippen LogP contribution in [0.1, 0.15) is 84.0 Å². The van der Waals surface area contributed by atoms with Crippen LogP contribution in [0.4, 0.5) is 0 Å². The van der Waals surface area contributed by atoms with Gasteiger partial charge in [-0.3, -0.25) is 4.79 Å². The number of nitrogens with one attached hydrogen (secondary N) is 2. The van der Waals surface area contributed by atoms with Gasteiger partial charge in [0.25, 0.3) is 0 Å². The summed E-state index contributed by atoms with van der Waals surface area (Å²) in [5, 5.41) is 6.28. The van der Waals surface area contributed by atoms with E-state index < -0.39 is 0 Å². The van der Waals surface area contributed by atoms with Crippen molar-refractivity contribution in [3.05, 3.63) is 0 Å². The van der Waals surface area contributed by atoms with Gasteiger partial charge in [0.15, 0.2) is 0 Å². The van der Waals surface area contributed by atoms with Crippen LogP contribution in [0.2, 0.25) is 0 Å². The molecule has 0 bridgehead atoms. The van der Waals surface area contributed by atoms with Gasteiger partial charge in [-0.15, -0.1) is 0 Å². The molecular formula is C17H34N2O. The Morgan fingerprint density at radius 3 is 2.15 bits per heavy atom. The van der Waals surface area contributed by atoms with Crippen molar-refractivity contribution in [1.29, 1.82) is 0 Å². The van der Waals surface area contributed by atoms with Gasteiger partial charge in [0.2, 0.25) is 5.91 Å². The van der Waals surface area contributed by atoms with E-state index in [1.54, 1.807) is 0 Å². The molecule has 0 radical (unpaired) electrons. The van der Waals surface area contributed by atoms with Gasteiger partial charge in [-0.05, 0) is 25.8 Å². The summed E-state index contributed by atoms with van der Waals surface area (Å²) in [7, 11) is 0. The van der Waals surface area contributed by atoms with Crippen molar-refractivity contribution >= 4 is 5.91 Å². The van der Waals surface area contributed by atoms with E-state index in [-0.39, 0.29) is 11.9 Å². The highest BCUT2D eigenvalue weighted by molar-refractivity contribution is 5.81. The van der Waals surface area contributed by atoms with Crippen LogP contribution >= 0.6 is 0 Å². The Morgan fingerprint density at radius 1 is 1.00 bits per heavy atom. The van der Waals surface area contributed by atoms with E-state index in [1.165, 1.54) is 57.8 Å². The molecule has 0 saturated carbocycles. The molecule has 0 aromatic heterocycles. The zero-order valence-corrected chi connectivity index (χ0v) is 13.4. The average Bonchev–Trinajstić information content (AvgIpc) is 2.99. The van der Waals surface area contributed by atoms with E-state index in [0.29, 0.717) is 0 Å². The van der Waals surface area contributed by atoms with Gasteiger partial charge < -0.3 is 10.6 Å². The first kappa shape index (κ1) is 17.5. The highest BCUT2D eigenvalue weighted by Gasteiger charge is 2.20. The van der Waals surface area contributed by atoms with Crippen LogP contribution in [-0.4, -0.2) is 25.0 Å². The number of hydrogen-bond donors (Lipinski definition) is 2. The molecule has 3 heteroatoms. The van der Waals surface area contributed by atoms with Crippen molar-refractivity contribution < 1.29 is 4.79 Å². The summed E-state index contributed by atoms with van der Waals surface area (Å²) in [6.45, 7) is 4.12. The van der Waals surface area contributed by atoms with Gasteiger partial charge in [0.05, 0.1) is 6.04 Å². The van der Waals surface area contributed by atoms with Crippen LogP contribution in [-0.2, 0) is 4.79 Å². The third kappa shape index (κ3) is 8.57. The van der Waals surface area contributed by atoms with Crippen molar-refractivity contribution in [3.8, 4) is 0 Å². The van der Waals surface area contributed by atoms with Crippen LogP contribution in [0, 0.1) is 0 Å². The fourth-order valence-electron chi connectivity index (χ4n) is 2.86. The summed E-state index contributed by atoms with van der Waals surface area (Å²) in [6.07, 6.45) is 15.6. The number of hydrogen-bond acceptors (Lipinski definition) is 2. The number of carbonyl (C=O) groups is 1. The van der Waals surface area contributed by atoms with Crippen LogP contribution in [0.15, 0.2) is 0 Å². The van der Waals surface area contributed by atoms with Crippen molar-refractivity contribution in [2.24, 2.45) is 0 Å². The third-order valence-electron chi connectivity index (χ3n) is 4.21. The second-order valence-electron chi connectivity index (χ2n) is 6.12. The van der Waals surface area contributed by atoms with Gasteiger partial charge in [-0.1, -0.05) is 64.7 Å². The predicted molar refractivity (Wildman–Crippen MR) is 85.9 cm³/mol. The lowest BCUT2D eigenvalue weighted by atomic mass is 10.1. The lowest BCUT2D eigenvalue weighted by molar-refractivity contribution is -0.122. The monoisotopic (exact) mass is 282 g/mol. The highest BCUT2D eigenvalue weighted by Crippen LogP contribution is 2.10. The Kier molecular flexibility index (Phi) is 10.7. The van der Waals surface area contributed by atoms with E-state index in [1.807, 2.05) is 0 Å². The average molecular weight is 282 g/mol. The molecule has 0 aliphatic carbocycles. The molecule has 1 fully saturated rings. The van der Waals surface area contributed by atoms with Crippen LogP contribution in [0.3, 0.4) is 0 Å². The first-order valence-corrected chi connectivity index (χ1v) is 8.85. The quantitative estimate of drug-likeness (QED) is 0.535. The molecule has 0 spiro atoms. The number of carbonyl (C=O) groups excluding carboxylic acids is 1. The molecule has 1 aliphatic rings. The van der Waals surface area contributed by atoms with Gasteiger partial charge in [0, 0.05) is 6.54 Å². The maximum atomic E-state index is 11.7. The number of unbranched alkanes of at least 4 members (excludes halogenated alkanes) is 9. The minimum atomic E-state index is 0.0816. The normalized spacial score (nSPS) is 18.4. The van der Waals surface area contributed by atoms with Gasteiger partial charge in [-0.25, -0.2) is 0 Å². The lowest BCUT2D eigenvalue weighted by Gasteiger charge is -2.10. The Morgan fingerprint density at radius 2 is 1.60 bits per heavy atom. The molecule has 118 valence electrons. The molecule has 1 heterocycles. The highest BCUT2D eigenvalue weighted by atomic mass is 16.2. The maximum Gasteiger partial charge on any atom is 0.237 e. The van der Waals surface area contributed by atoms with Crippen molar-refractivity contribution in [1.82, 2.24) is 10.6 Å². The Bertz CT molecular complexity index is 237. The molecule has 2 N–H and O–H groups in total. The van der Waals surface area contributed by atoms with Crippen molar-refractivity contribution in [2.45, 2.75) is 90.0 Å². The molecule has 0 aromatic rings. The molecule has 1 amide bonds. The summed E-state index contributed by atoms with van der Waals surface area (Å²) >= 11 is 0. The van der Waals surface area contributed by atoms with Crippen molar-refractivity contribution in [3.63, 3.8) is 0 Å². The summed E-state index contributed by atoms with van der Waals surface area (Å²) in [5.41, 5.74) is 0. The minimum Gasteiger partial charge on any atom is -0.355 e. The molecule has 1 atom stereocenters. The van der Waals surface area contributed by atoms with Crippen LogP contribution in [0.25, 0.3) is 0 Å². The molecule has 1 rings (SSSR count). The van der Waals surface area contributed by atoms with E-state index in [0.717, 1.165) is 32.4 Å². The maximum absolute atomic E-state index is 11.7. The van der Waals surface area contributed by atoms with E-state index in [2.05, 4.69) is 17.6 Å². The van der Waals surface area contributed by atoms with Gasteiger partial charge in [-0.2, -0.15) is 0 Å². The second kappa shape index (κ2) is 12.2. The van der Waals surface area contributed by atoms with Gasteiger partial charge in [0.1, 0.15) is 0 Å². The fourth-order valence-corrected chi connectivity index (χ4v) is 2.86. The summed E-state index contributed by atoms with van der Waals surface area (Å²) in [4.78, 5) is 11.7. The zero-order chi connectivity index (χ0) is 14.5. The fraction of sp³-hybridized carbons (Fsp3) is 0.941. The molecule has 1 saturated heterocycles. The number of amides is 1. The van der Waals surface area contributed by atoms with E-state index >= 15 is 0 Å². The standard InChI is InChI=1S/C17H34N2O/c1-2-3-4-5-6-7-8-9-10-11-14-19-17(20)16-13-12-15-18-16/h16,18H,2-15H2,1H3,(H,19,20)/t16-/m1/s1. The van der Waals surface area contributed by atoms with Gasteiger partial charge >= 0.3 is 0 Å². The SMILES string of the molecule is CCCCCCCCCCCCNC(=O)[C@H]1CCCN1. The summed E-state index contributed by atoms with van der Waals surface area (Å²) in [6, 6.07) is 0.0816. The Labute approximate surface area is 125 Å². The molecule has 3 nitrogen and oxygen atoms in total. The molecular weight excluding hydrogens is 248 g/mol. The molecule has 0 aromatic carbocycles. The largest absolute Gasteiger partial charge is 0.355 e. The van der Waals surface area contributed by atoms with Crippen LogP contribution in [0.5, 0.6) is 0 Å². The molecule has 0 unspecified atom stereocenters. The first-order valence-electron chi connectivity index (χ1n) is 8.85. The number of rotatable bonds is 12. The topological polar surface area (TPSA) is 41.1 Å². The second-order valence-corrected chi connectivity index (χ2v) is 6.12. The van der Waals surface area contributed by atoms with E-state index in [9.17, 15) is 4.79 Å². The molecule has 20 heavy (non-hydrogen) atoms. The lowest BCUT2D eigenvalue weighted by Crippen LogP contribution is -2.40. The third-order valence-corrected chi connectivity index (χ3v) is 4.21. The van der Waals surface area contributed by atoms with Crippen LogP contribution < -0.4 is 10.6 Å². The Hall–Kier alpha value is -0.570. The minimum absolute atomic E-state index is 0.0816. The molecule has 1 aliphatic heterocycles. The first-order chi connectivity index (χ1) is 9.84. The predicted octanol–water partition coefficient (Wildman–Crippen LogP) is 3.78. The summed E-state index contributed by atoms with van der Waals surface area (Å²) < 4.78 is 0. The smallest absolute Gasteiger partial charge is 0.237 e. The summed E-state index contributed by atoms with van der Waals surface area (Å²) in [5.74, 6) is 0.207. The van der Waals surface area contributed by atoms with E-state index in [4.69, 9.17) is 0 Å². The Balaban J connectivity index is 1.77.